The smallest absolute Gasteiger partial charge is 0.449 e. The van der Waals surface area contributed by atoms with Crippen molar-refractivity contribution in [2.75, 3.05) is 6.54 Å². The van der Waals surface area contributed by atoms with Crippen molar-refractivity contribution in [2.45, 2.75) is 51.7 Å². The molecule has 0 radical (unpaired) electrons. The van der Waals surface area contributed by atoms with E-state index >= 15 is 0 Å². The summed E-state index contributed by atoms with van der Waals surface area (Å²) in [7, 11) is 0. The van der Waals surface area contributed by atoms with Crippen molar-refractivity contribution < 1.29 is 27.9 Å². The van der Waals surface area contributed by atoms with Gasteiger partial charge in [-0.1, -0.05) is 6.42 Å². The average molecular weight is 385 g/mol. The fraction of sp³-hybridized carbons (Fsp3) is 0.500. The summed E-state index contributed by atoms with van der Waals surface area (Å²) in [6.45, 7) is 3.65. The number of benzene rings is 1. The minimum atomic E-state index is -4.58. The van der Waals surface area contributed by atoms with Gasteiger partial charge < -0.3 is 15.0 Å². The van der Waals surface area contributed by atoms with Crippen molar-refractivity contribution in [2.24, 2.45) is 0 Å². The van der Waals surface area contributed by atoms with Crippen LogP contribution in [-0.4, -0.2) is 33.1 Å². The van der Waals surface area contributed by atoms with Crippen molar-refractivity contribution in [3.05, 3.63) is 29.6 Å². The van der Waals surface area contributed by atoms with E-state index in [4.69, 9.17) is 5.11 Å². The number of nitrogens with one attached hydrogen (secondary N) is 1. The number of nitrogens with zero attached hydrogens (tertiary/aromatic N) is 2. The molecule has 1 heterocycles. The second-order valence-corrected chi connectivity index (χ2v) is 6.56. The van der Waals surface area contributed by atoms with Gasteiger partial charge in [0, 0.05) is 24.6 Å². The summed E-state index contributed by atoms with van der Waals surface area (Å²) in [5, 5.41) is 11.2. The van der Waals surface area contributed by atoms with Crippen LogP contribution in [0.1, 0.15) is 61.8 Å². The lowest BCUT2D eigenvalue weighted by molar-refractivity contribution is -0.147. The number of carboxylic acid groups (broad SMARTS) is 1. The summed E-state index contributed by atoms with van der Waals surface area (Å²) < 4.78 is 40.8. The number of carboxylic acids is 1. The zero-order valence-electron chi connectivity index (χ0n) is 15.1. The molecule has 1 aromatic heterocycles. The van der Waals surface area contributed by atoms with E-state index in [1.165, 1.54) is 18.2 Å². The number of aliphatic carboxylic acids is 1. The fourth-order valence-corrected chi connectivity index (χ4v) is 2.84. The van der Waals surface area contributed by atoms with Gasteiger partial charge in [-0.3, -0.25) is 9.59 Å². The number of fused-ring (bicyclic) bond motifs is 1. The van der Waals surface area contributed by atoms with Gasteiger partial charge in [0.15, 0.2) is 0 Å². The number of hydrogen-bond acceptors (Lipinski definition) is 3. The number of unbranched alkanes of at least 4 members (excludes halogenated alkanes) is 2. The lowest BCUT2D eigenvalue weighted by atomic mass is 10.1. The zero-order valence-corrected chi connectivity index (χ0v) is 15.1. The van der Waals surface area contributed by atoms with Crippen LogP contribution in [0.15, 0.2) is 18.2 Å². The molecule has 0 atom stereocenters. The molecule has 2 rings (SSSR count). The molecule has 2 aromatic rings. The summed E-state index contributed by atoms with van der Waals surface area (Å²) in [5.41, 5.74) is 0.669. The zero-order chi connectivity index (χ0) is 20.2. The first-order valence-electron chi connectivity index (χ1n) is 8.70. The quantitative estimate of drug-likeness (QED) is 0.673. The Morgan fingerprint density at radius 2 is 1.93 bits per heavy atom. The number of carbonyl (C=O) groups excluding carboxylic acids is 1. The predicted octanol–water partition coefficient (Wildman–Crippen LogP) is 4.01. The van der Waals surface area contributed by atoms with Crippen LogP contribution in [0.4, 0.5) is 13.2 Å². The van der Waals surface area contributed by atoms with Crippen molar-refractivity contribution >= 4 is 22.9 Å². The molecule has 1 amide bonds. The van der Waals surface area contributed by atoms with Crippen LogP contribution in [-0.2, 0) is 11.0 Å². The highest BCUT2D eigenvalue weighted by atomic mass is 19.4. The molecule has 0 aliphatic heterocycles. The summed E-state index contributed by atoms with van der Waals surface area (Å²) in [4.78, 5) is 26.3. The maximum atomic E-state index is 13.2. The minimum absolute atomic E-state index is 0.0880. The molecule has 0 saturated heterocycles. The number of alkyl halides is 3. The molecule has 0 aliphatic carbocycles. The van der Waals surface area contributed by atoms with E-state index < -0.39 is 29.9 Å². The Hall–Kier alpha value is -2.58. The third-order valence-electron chi connectivity index (χ3n) is 4.07. The third-order valence-corrected chi connectivity index (χ3v) is 4.07. The molecule has 148 valence electrons. The van der Waals surface area contributed by atoms with E-state index in [1.54, 1.807) is 13.8 Å². The minimum Gasteiger partial charge on any atom is -0.481 e. The van der Waals surface area contributed by atoms with Crippen LogP contribution >= 0.6 is 0 Å². The van der Waals surface area contributed by atoms with E-state index in [1.807, 2.05) is 0 Å². The number of rotatable bonds is 8. The molecular weight excluding hydrogens is 363 g/mol. The standard InChI is InChI=1S/C18H22F3N3O3/c1-11(2)24-14-8-7-12(10-13(14)23-17(24)18(19,20)21)16(27)22-9-5-3-4-6-15(25)26/h7-8,10-11H,3-6,9H2,1-2H3,(H,22,27)(H,25,26). The molecule has 0 spiro atoms. The first-order valence-corrected chi connectivity index (χ1v) is 8.70. The topological polar surface area (TPSA) is 84.2 Å². The number of aromatic nitrogens is 2. The molecule has 2 N–H and O–H groups in total. The van der Waals surface area contributed by atoms with E-state index in [0.29, 0.717) is 31.3 Å². The van der Waals surface area contributed by atoms with Crippen LogP contribution in [0.3, 0.4) is 0 Å². The average Bonchev–Trinajstić information content (AvgIpc) is 2.96. The second kappa shape index (κ2) is 8.41. The molecule has 0 aliphatic rings. The molecule has 1 aromatic carbocycles. The van der Waals surface area contributed by atoms with Gasteiger partial charge in [-0.05, 0) is 44.9 Å². The lowest BCUT2D eigenvalue weighted by Crippen LogP contribution is -2.24. The van der Waals surface area contributed by atoms with Gasteiger partial charge in [0.05, 0.1) is 11.0 Å². The predicted molar refractivity (Wildman–Crippen MR) is 93.6 cm³/mol. The molecule has 0 bridgehead atoms. The summed E-state index contributed by atoms with van der Waals surface area (Å²) in [5.74, 6) is -2.24. The third kappa shape index (κ3) is 5.21. The van der Waals surface area contributed by atoms with Gasteiger partial charge in [0.2, 0.25) is 5.82 Å². The molecule has 27 heavy (non-hydrogen) atoms. The van der Waals surface area contributed by atoms with Gasteiger partial charge in [0.25, 0.3) is 5.91 Å². The first-order chi connectivity index (χ1) is 12.6. The highest BCUT2D eigenvalue weighted by Crippen LogP contribution is 2.33. The van der Waals surface area contributed by atoms with Crippen LogP contribution in [0.2, 0.25) is 0 Å². The van der Waals surface area contributed by atoms with E-state index in [0.717, 1.165) is 4.57 Å². The Balaban J connectivity index is 2.09. The summed E-state index contributed by atoms with van der Waals surface area (Å²) >= 11 is 0. The normalized spacial score (nSPS) is 11.9. The lowest BCUT2D eigenvalue weighted by Gasteiger charge is -2.14. The highest BCUT2D eigenvalue weighted by molar-refractivity contribution is 5.97. The Kier molecular flexibility index (Phi) is 6.45. The van der Waals surface area contributed by atoms with Crippen LogP contribution in [0, 0.1) is 0 Å². The number of amides is 1. The Labute approximate surface area is 154 Å². The van der Waals surface area contributed by atoms with Gasteiger partial charge in [0.1, 0.15) is 0 Å². The number of halogens is 3. The van der Waals surface area contributed by atoms with Crippen molar-refractivity contribution in [1.29, 1.82) is 0 Å². The van der Waals surface area contributed by atoms with E-state index in [2.05, 4.69) is 10.3 Å². The maximum absolute atomic E-state index is 13.2. The van der Waals surface area contributed by atoms with Gasteiger partial charge in [-0.15, -0.1) is 0 Å². The Bertz CT molecular complexity index is 828. The number of carbonyl (C=O) groups is 2. The molecule has 0 saturated carbocycles. The van der Waals surface area contributed by atoms with Crippen molar-refractivity contribution in [1.82, 2.24) is 14.9 Å². The Morgan fingerprint density at radius 3 is 2.52 bits per heavy atom. The highest BCUT2D eigenvalue weighted by Gasteiger charge is 2.38. The number of imidazole rings is 1. The SMILES string of the molecule is CC(C)n1c(C(F)(F)F)nc2cc(C(=O)NCCCCCC(=O)O)ccc21. The Morgan fingerprint density at radius 1 is 1.22 bits per heavy atom. The van der Waals surface area contributed by atoms with Crippen molar-refractivity contribution in [3.8, 4) is 0 Å². The van der Waals surface area contributed by atoms with Gasteiger partial charge in [-0.2, -0.15) is 13.2 Å². The molecule has 0 fully saturated rings. The molecule has 9 heteroatoms. The summed E-state index contributed by atoms with van der Waals surface area (Å²) in [6, 6.07) is 3.86. The van der Waals surface area contributed by atoms with Crippen LogP contribution in [0.25, 0.3) is 11.0 Å². The van der Waals surface area contributed by atoms with Gasteiger partial charge >= 0.3 is 12.1 Å². The number of hydrogen-bond donors (Lipinski definition) is 2. The maximum Gasteiger partial charge on any atom is 0.449 e. The summed E-state index contributed by atoms with van der Waals surface area (Å²) in [6.07, 6.45) is -2.67. The molecule has 6 nitrogen and oxygen atoms in total. The largest absolute Gasteiger partial charge is 0.481 e. The molecular formula is C18H22F3N3O3. The monoisotopic (exact) mass is 385 g/mol. The van der Waals surface area contributed by atoms with Crippen LogP contribution < -0.4 is 5.32 Å². The van der Waals surface area contributed by atoms with Crippen molar-refractivity contribution in [3.63, 3.8) is 0 Å². The fourth-order valence-electron chi connectivity index (χ4n) is 2.84. The second-order valence-electron chi connectivity index (χ2n) is 6.56. The van der Waals surface area contributed by atoms with Gasteiger partial charge in [-0.25, -0.2) is 4.98 Å². The van der Waals surface area contributed by atoms with E-state index in [-0.39, 0.29) is 17.5 Å². The first kappa shape index (κ1) is 20.7. The van der Waals surface area contributed by atoms with E-state index in [9.17, 15) is 22.8 Å². The molecule has 0 unspecified atom stereocenters. The van der Waals surface area contributed by atoms with Crippen LogP contribution in [0.5, 0.6) is 0 Å².